The van der Waals surface area contributed by atoms with Crippen LogP contribution in [0.1, 0.15) is 33.6 Å². The lowest BCUT2D eigenvalue weighted by Gasteiger charge is -2.19. The highest BCUT2D eigenvalue weighted by atomic mass is 16.5. The number of rotatable bonds is 5. The molecule has 0 spiro atoms. The minimum absolute atomic E-state index is 0.137. The highest BCUT2D eigenvalue weighted by molar-refractivity contribution is 5.83. The van der Waals surface area contributed by atoms with Crippen LogP contribution in [0.15, 0.2) is 12.2 Å². The first-order valence-electron chi connectivity index (χ1n) is 4.36. The number of hydrogen-bond donors (Lipinski definition) is 0. The molecule has 0 N–H and O–H groups in total. The van der Waals surface area contributed by atoms with Gasteiger partial charge in [0.2, 0.25) is 0 Å². The van der Waals surface area contributed by atoms with Gasteiger partial charge in [-0.1, -0.05) is 6.58 Å². The van der Waals surface area contributed by atoms with E-state index in [0.717, 1.165) is 0 Å². The normalized spacial score (nSPS) is 11.3. The third-order valence-electron chi connectivity index (χ3n) is 1.45. The monoisotopic (exact) mass is 185 g/mol. The number of carbonyl (C=O) groups is 1. The van der Waals surface area contributed by atoms with E-state index in [1.165, 1.54) is 0 Å². The summed E-state index contributed by atoms with van der Waals surface area (Å²) in [6.07, 6.45) is 1.10. The number of carboxylic acid groups (broad SMARTS) is 1. The van der Waals surface area contributed by atoms with Crippen LogP contribution in [0, 0.1) is 0 Å². The predicted molar refractivity (Wildman–Crippen MR) is 49.1 cm³/mol. The fourth-order valence-corrected chi connectivity index (χ4v) is 0.766. The second-order valence-electron chi connectivity index (χ2n) is 3.96. The van der Waals surface area contributed by atoms with Gasteiger partial charge in [0.15, 0.2) is 0 Å². The zero-order valence-corrected chi connectivity index (χ0v) is 8.55. The molecule has 0 heterocycles. The van der Waals surface area contributed by atoms with Crippen LogP contribution in [-0.2, 0) is 9.53 Å². The first-order chi connectivity index (χ1) is 5.83. The molecule has 0 aromatic carbocycles. The van der Waals surface area contributed by atoms with Crippen molar-refractivity contribution in [2.24, 2.45) is 0 Å². The summed E-state index contributed by atoms with van der Waals surface area (Å²) in [5, 5.41) is 10.2. The van der Waals surface area contributed by atoms with Gasteiger partial charge in [0.1, 0.15) is 0 Å². The van der Waals surface area contributed by atoms with Gasteiger partial charge in [0, 0.05) is 6.61 Å². The van der Waals surface area contributed by atoms with E-state index in [0.29, 0.717) is 19.4 Å². The Hall–Kier alpha value is -0.830. The van der Waals surface area contributed by atoms with Crippen molar-refractivity contribution >= 4 is 5.97 Å². The van der Waals surface area contributed by atoms with E-state index in [4.69, 9.17) is 4.74 Å². The molecule has 3 nitrogen and oxygen atoms in total. The molecule has 0 saturated carbocycles. The zero-order valence-electron chi connectivity index (χ0n) is 8.55. The number of ether oxygens (including phenoxy) is 1. The average Bonchev–Trinajstić information content (AvgIpc) is 1.95. The smallest absolute Gasteiger partial charge is 0.0668 e. The summed E-state index contributed by atoms with van der Waals surface area (Å²) in [5.74, 6) is -1.17. The first kappa shape index (κ1) is 12.2. The van der Waals surface area contributed by atoms with E-state index >= 15 is 0 Å². The molecular weight excluding hydrogens is 168 g/mol. The number of carbonyl (C=O) groups excluding carboxylic acids is 1. The van der Waals surface area contributed by atoms with Crippen molar-refractivity contribution in [3.63, 3.8) is 0 Å². The molecule has 0 radical (unpaired) electrons. The van der Waals surface area contributed by atoms with E-state index in [2.05, 4.69) is 6.58 Å². The Morgan fingerprint density at radius 1 is 1.46 bits per heavy atom. The Morgan fingerprint density at radius 2 is 2.00 bits per heavy atom. The van der Waals surface area contributed by atoms with Crippen molar-refractivity contribution in [3.8, 4) is 0 Å². The van der Waals surface area contributed by atoms with Crippen LogP contribution < -0.4 is 5.11 Å². The molecular formula is C10H17O3-. The van der Waals surface area contributed by atoms with Crippen LogP contribution >= 0.6 is 0 Å². The van der Waals surface area contributed by atoms with Crippen molar-refractivity contribution in [2.75, 3.05) is 6.61 Å². The fraction of sp³-hybridized carbons (Fsp3) is 0.700. The lowest BCUT2D eigenvalue weighted by atomic mass is 10.1. The maximum Gasteiger partial charge on any atom is 0.0668 e. The summed E-state index contributed by atoms with van der Waals surface area (Å²) < 4.78 is 5.41. The second kappa shape index (κ2) is 5.02. The van der Waals surface area contributed by atoms with E-state index in [1.54, 1.807) is 0 Å². The Kier molecular flexibility index (Phi) is 4.70. The van der Waals surface area contributed by atoms with Gasteiger partial charge in [-0.15, -0.1) is 0 Å². The summed E-state index contributed by atoms with van der Waals surface area (Å²) in [6.45, 7) is 9.80. The molecule has 0 aliphatic heterocycles. The van der Waals surface area contributed by atoms with Gasteiger partial charge < -0.3 is 14.6 Å². The molecule has 0 aromatic rings. The van der Waals surface area contributed by atoms with Crippen molar-refractivity contribution in [1.82, 2.24) is 0 Å². The molecule has 0 amide bonds. The molecule has 0 aliphatic rings. The molecule has 13 heavy (non-hydrogen) atoms. The van der Waals surface area contributed by atoms with Gasteiger partial charge in [-0.05, 0) is 39.2 Å². The van der Waals surface area contributed by atoms with Crippen LogP contribution in [0.4, 0.5) is 0 Å². The predicted octanol–water partition coefficient (Wildman–Crippen LogP) is 0.888. The van der Waals surface area contributed by atoms with Crippen LogP contribution in [0.25, 0.3) is 0 Å². The number of hydrogen-bond acceptors (Lipinski definition) is 3. The molecule has 0 rings (SSSR count). The zero-order chi connectivity index (χ0) is 10.5. The molecule has 0 unspecified atom stereocenters. The quantitative estimate of drug-likeness (QED) is 0.472. The molecule has 0 bridgehead atoms. The van der Waals surface area contributed by atoms with Gasteiger partial charge in [-0.3, -0.25) is 0 Å². The SMILES string of the molecule is C=C(CCCOC(C)(C)C)C(=O)[O-]. The Bertz CT molecular complexity index is 189. The molecule has 0 aromatic heterocycles. The van der Waals surface area contributed by atoms with E-state index in [-0.39, 0.29) is 11.2 Å². The third kappa shape index (κ3) is 7.53. The highest BCUT2D eigenvalue weighted by Crippen LogP contribution is 2.09. The maximum absolute atomic E-state index is 10.2. The van der Waals surface area contributed by atoms with Crippen molar-refractivity contribution in [1.29, 1.82) is 0 Å². The molecule has 0 saturated heterocycles. The van der Waals surface area contributed by atoms with E-state index in [9.17, 15) is 9.90 Å². The average molecular weight is 185 g/mol. The van der Waals surface area contributed by atoms with E-state index < -0.39 is 5.97 Å². The summed E-state index contributed by atoms with van der Waals surface area (Å²) in [5.41, 5.74) is -0.0273. The van der Waals surface area contributed by atoms with E-state index in [1.807, 2.05) is 20.8 Å². The van der Waals surface area contributed by atoms with Crippen LogP contribution in [0.5, 0.6) is 0 Å². The lowest BCUT2D eigenvalue weighted by Crippen LogP contribution is -2.24. The summed E-state index contributed by atoms with van der Waals surface area (Å²) in [7, 11) is 0. The van der Waals surface area contributed by atoms with Crippen molar-refractivity contribution in [3.05, 3.63) is 12.2 Å². The largest absolute Gasteiger partial charge is 0.545 e. The maximum atomic E-state index is 10.2. The fourth-order valence-electron chi connectivity index (χ4n) is 0.766. The van der Waals surface area contributed by atoms with Crippen molar-refractivity contribution < 1.29 is 14.6 Å². The Morgan fingerprint density at radius 3 is 2.38 bits per heavy atom. The minimum Gasteiger partial charge on any atom is -0.545 e. The summed E-state index contributed by atoms with van der Waals surface area (Å²) in [6, 6.07) is 0. The highest BCUT2D eigenvalue weighted by Gasteiger charge is 2.08. The lowest BCUT2D eigenvalue weighted by molar-refractivity contribution is -0.299. The summed E-state index contributed by atoms with van der Waals surface area (Å²) >= 11 is 0. The molecule has 0 atom stereocenters. The topological polar surface area (TPSA) is 49.4 Å². The molecule has 0 fully saturated rings. The summed E-state index contributed by atoms with van der Waals surface area (Å²) in [4.78, 5) is 10.2. The molecule has 3 heteroatoms. The molecule has 76 valence electrons. The molecule has 0 aliphatic carbocycles. The van der Waals surface area contributed by atoms with Crippen LogP contribution in [0.3, 0.4) is 0 Å². The standard InChI is InChI=1S/C10H18O3/c1-8(9(11)12)6-5-7-13-10(2,3)4/h1,5-7H2,2-4H3,(H,11,12)/p-1. The van der Waals surface area contributed by atoms with Gasteiger partial charge in [0.25, 0.3) is 0 Å². The van der Waals surface area contributed by atoms with Gasteiger partial charge in [0.05, 0.1) is 11.6 Å². The minimum atomic E-state index is -1.17. The first-order valence-corrected chi connectivity index (χ1v) is 4.36. The number of aliphatic carboxylic acids is 1. The van der Waals surface area contributed by atoms with Gasteiger partial charge in [-0.2, -0.15) is 0 Å². The van der Waals surface area contributed by atoms with Gasteiger partial charge in [-0.25, -0.2) is 0 Å². The second-order valence-corrected chi connectivity index (χ2v) is 3.96. The van der Waals surface area contributed by atoms with Gasteiger partial charge >= 0.3 is 0 Å². The Balaban J connectivity index is 3.47. The number of carboxylic acids is 1. The van der Waals surface area contributed by atoms with Crippen LogP contribution in [-0.4, -0.2) is 18.2 Å². The van der Waals surface area contributed by atoms with Crippen LogP contribution in [0.2, 0.25) is 0 Å². The third-order valence-corrected chi connectivity index (χ3v) is 1.45. The Labute approximate surface area is 79.4 Å². The van der Waals surface area contributed by atoms with Crippen molar-refractivity contribution in [2.45, 2.75) is 39.2 Å².